The third-order valence-corrected chi connectivity index (χ3v) is 22.2. The number of nitrogens with one attached hydrogen (secondary N) is 15. The highest BCUT2D eigenvalue weighted by atomic mass is 16.3. The van der Waals surface area contributed by atoms with Gasteiger partial charge in [0.1, 0.15) is 41.5 Å². The topological polar surface area (TPSA) is 556 Å². The first-order valence-corrected chi connectivity index (χ1v) is 42.5. The Bertz CT molecular complexity index is 4880. The predicted octanol–water partition coefficient (Wildman–Crippen LogP) is 2.90. The number of phenolic OH excluding ortho intramolecular Hbond substituents is 1. The molecule has 35 nitrogen and oxygen atoms in total. The predicted molar refractivity (Wildman–Crippen MR) is 467 cm³/mol. The summed E-state index contributed by atoms with van der Waals surface area (Å²) >= 11 is 0. The molecule has 0 aliphatic carbocycles. The van der Waals surface area contributed by atoms with E-state index < -0.39 is 185 Å². The number of phenols is 1. The number of aromatic hydroxyl groups is 1. The van der Waals surface area contributed by atoms with E-state index in [4.69, 9.17) is 11.5 Å². The van der Waals surface area contributed by atoms with Crippen LogP contribution in [0.15, 0.2) is 140 Å². The number of hydrogen-bond donors (Lipinski definition) is 20. The molecule has 1 aliphatic rings. The van der Waals surface area contributed by atoms with Gasteiger partial charge in [-0.1, -0.05) is 138 Å². The number of carbonyl (C=O) groups is 14. The summed E-state index contributed by atoms with van der Waals surface area (Å²) in [5.74, 6) is -13.3. The maximum Gasteiger partial charge on any atom is 0.245 e. The first-order valence-electron chi connectivity index (χ1n) is 42.5. The number of Topliss-reactive ketones (excluding diaryl/α,β-unsaturated/α-hetero) is 6. The molecule has 674 valence electrons. The van der Waals surface area contributed by atoms with Crippen LogP contribution in [0.5, 0.6) is 5.75 Å². The lowest BCUT2D eigenvalue weighted by Gasteiger charge is -2.33. The zero-order valence-corrected chi connectivity index (χ0v) is 72.1. The van der Waals surface area contributed by atoms with Crippen molar-refractivity contribution < 1.29 is 82.4 Å². The monoisotopic (exact) mass is 1730 g/mol. The summed E-state index contributed by atoms with van der Waals surface area (Å²) in [6, 6.07) is 13.5. The number of hydrogen-bond acceptors (Lipinski definition) is 24. The number of aliphatic hydroxyl groups is 2. The lowest BCUT2D eigenvalue weighted by Crippen LogP contribution is -2.65. The Morgan fingerprint density at radius 2 is 1.14 bits per heavy atom. The van der Waals surface area contributed by atoms with E-state index in [9.17, 15) is 44.1 Å². The van der Waals surface area contributed by atoms with Gasteiger partial charge in [0.15, 0.2) is 11.6 Å². The van der Waals surface area contributed by atoms with E-state index >= 15 is 38.4 Å². The molecule has 0 bridgehead atoms. The largest absolute Gasteiger partial charge is 0.508 e. The maximum absolute atomic E-state index is 15.8. The molecule has 8 rings (SSSR count). The molecule has 7 aromatic rings. The zero-order chi connectivity index (χ0) is 91.1. The number of amides is 8. The number of allylic oxidation sites excluding steroid dienone is 2. The number of nitrogens with zero attached hydrogens (tertiary/aromatic N) is 1. The fourth-order valence-electron chi connectivity index (χ4n) is 15.0. The van der Waals surface area contributed by atoms with E-state index in [1.54, 1.807) is 105 Å². The molecular formula is C90H122N18O17. The standard InChI is InChI=1S/C90H122N18O17/c1-52(2)39-69-81(118)79(116)66(35-36-77(91)115)103-105-70(44-59-48-95-65-30-22-20-28-63(59)65)82(119)80(117)68(43-58-47-94-64-29-21-19-27-62(58)64)98-85(122)73(42-57-31-33-61(112)34-32-57)106-104-67(45-60-49-93-51-96-60)75(113)46-76(114)89(7,37-23-14-12-10-9-11-13-15-24-38-90(8,108-107-69)88(125)100-74(50-109)83(92)120)102-86(123)72(41-56-25-17-16-18-26-56)99-87(124)78(54(5)110)101-84(121)71(40-53(3)4)97-55(6)111/h11,13,16-22,25-34,47-49,51-54,66-74,78,94-95,103-110,112H,9-10,12,14-15,23-24,35-46,50H2,1-8H3,(H2,91,115)(H2,92,120)(H,93,96)(H,97,111)(H,98,122)(H,99,124)(H,100,125)(H,101,121)(H,102,123)/t54-,66+,67+,68+,69+,70+,71+,72+,73+,74+,78+,89-,90+/m1/s1. The van der Waals surface area contributed by atoms with Gasteiger partial charge in [-0.15, -0.1) is 0 Å². The second-order valence-electron chi connectivity index (χ2n) is 33.5. The normalized spacial score (nSPS) is 22.2. The van der Waals surface area contributed by atoms with Gasteiger partial charge in [-0.05, 0) is 150 Å². The van der Waals surface area contributed by atoms with Crippen LogP contribution in [-0.4, -0.2) is 201 Å². The van der Waals surface area contributed by atoms with Crippen molar-refractivity contribution in [3.05, 3.63) is 168 Å². The van der Waals surface area contributed by atoms with E-state index in [0.29, 0.717) is 94.7 Å². The number of ketones is 6. The summed E-state index contributed by atoms with van der Waals surface area (Å²) in [6.45, 7) is 11.8. The fourth-order valence-corrected chi connectivity index (χ4v) is 15.0. The van der Waals surface area contributed by atoms with Gasteiger partial charge in [-0.2, -0.15) is 0 Å². The summed E-state index contributed by atoms with van der Waals surface area (Å²) in [5, 5.41) is 49.1. The van der Waals surface area contributed by atoms with Crippen LogP contribution in [0.3, 0.4) is 0 Å². The number of primary amides is 2. The van der Waals surface area contributed by atoms with Crippen LogP contribution in [0.1, 0.15) is 173 Å². The first kappa shape index (κ1) is 98.6. The molecule has 4 aromatic carbocycles. The molecule has 1 aliphatic heterocycles. The quantitative estimate of drug-likeness (QED) is 0.0182. The van der Waals surface area contributed by atoms with Crippen molar-refractivity contribution >= 4 is 104 Å². The number of nitrogens with two attached hydrogens (primary N) is 2. The summed E-state index contributed by atoms with van der Waals surface area (Å²) in [7, 11) is 0. The van der Waals surface area contributed by atoms with E-state index in [0.717, 1.165) is 0 Å². The van der Waals surface area contributed by atoms with E-state index in [-0.39, 0.29) is 75.4 Å². The van der Waals surface area contributed by atoms with Gasteiger partial charge in [-0.25, -0.2) is 37.5 Å². The van der Waals surface area contributed by atoms with Crippen molar-refractivity contribution in [1.82, 2.24) is 84.4 Å². The van der Waals surface area contributed by atoms with Gasteiger partial charge >= 0.3 is 0 Å². The number of aliphatic hydroxyl groups excluding tert-OH is 2. The fraction of sp³-hybridized carbons (Fsp3) is 0.478. The molecule has 13 atom stereocenters. The Balaban J connectivity index is 1.21. The lowest BCUT2D eigenvalue weighted by molar-refractivity contribution is -0.141. The number of carbonyl (C=O) groups excluding carboxylic acids is 14. The van der Waals surface area contributed by atoms with E-state index in [1.807, 2.05) is 26.0 Å². The Kier molecular flexibility index (Phi) is 37.8. The number of aromatic nitrogens is 4. The number of para-hydroxylation sites is 2. The summed E-state index contributed by atoms with van der Waals surface area (Å²) < 4.78 is 0. The molecule has 3 aromatic heterocycles. The highest BCUT2D eigenvalue weighted by Gasteiger charge is 2.43. The Labute approximate surface area is 726 Å². The van der Waals surface area contributed by atoms with Crippen LogP contribution in [0.4, 0.5) is 0 Å². The molecule has 4 heterocycles. The van der Waals surface area contributed by atoms with Crippen molar-refractivity contribution in [2.45, 2.75) is 255 Å². The van der Waals surface area contributed by atoms with Crippen molar-refractivity contribution in [3.63, 3.8) is 0 Å². The number of aromatic amines is 3. The summed E-state index contributed by atoms with van der Waals surface area (Å²) in [6.07, 6.45) is 8.79. The Hall–Kier alpha value is -11.8. The lowest BCUT2D eigenvalue weighted by atomic mass is 9.85. The number of H-pyrrole nitrogens is 3. The minimum absolute atomic E-state index is 0.0193. The molecule has 0 radical (unpaired) electrons. The van der Waals surface area contributed by atoms with Crippen LogP contribution in [0.25, 0.3) is 21.8 Å². The minimum atomic E-state index is -1.89. The van der Waals surface area contributed by atoms with Crippen LogP contribution in [0.2, 0.25) is 0 Å². The molecule has 0 saturated heterocycles. The van der Waals surface area contributed by atoms with Gasteiger partial charge in [0, 0.05) is 73.0 Å². The molecule has 0 spiro atoms. The van der Waals surface area contributed by atoms with Crippen LogP contribution in [0, 0.1) is 11.8 Å². The SMILES string of the molecule is CC(=O)N[C@@H](CC(C)C)C(=O)N[C@H](C(=O)N[C@@H](Cc1ccccc1)C(=O)N[C@]1(C)CCCCCCC=CCCC[C@@](C)(C(=O)N[C@@H](CO)C(N)=O)NN[C@@H](CC(C)C)C(=O)C(=O)[C@H](CCC(N)=O)NN[C@@H](Cc2c[nH]c3ccccc23)C(=O)C(=O)[C@H](Cc2c[nH]c3ccccc23)NC(=O)[C@H](Cc2ccc(O)cc2)NN[C@@H](Cc2c[nH]cn2)C(=O)CC1=O)[C@@H](C)O. The van der Waals surface area contributed by atoms with Gasteiger partial charge < -0.3 is 73.6 Å². The maximum atomic E-state index is 15.8. The van der Waals surface area contributed by atoms with Crippen LogP contribution in [-0.2, 0) is 99.2 Å². The van der Waals surface area contributed by atoms with Gasteiger partial charge in [0.05, 0.1) is 66.9 Å². The summed E-state index contributed by atoms with van der Waals surface area (Å²) in [5.41, 5.74) is 28.9. The molecule has 0 fully saturated rings. The second kappa shape index (κ2) is 47.9. The van der Waals surface area contributed by atoms with Crippen molar-refractivity contribution in [2.75, 3.05) is 6.61 Å². The molecule has 125 heavy (non-hydrogen) atoms. The number of benzene rings is 4. The van der Waals surface area contributed by atoms with Crippen molar-refractivity contribution in [1.29, 1.82) is 0 Å². The minimum Gasteiger partial charge on any atom is -0.508 e. The van der Waals surface area contributed by atoms with E-state index in [2.05, 4.69) is 84.4 Å². The van der Waals surface area contributed by atoms with Crippen molar-refractivity contribution in [2.24, 2.45) is 23.3 Å². The van der Waals surface area contributed by atoms with Crippen LogP contribution < -0.4 is 75.9 Å². The molecule has 35 heteroatoms. The highest BCUT2D eigenvalue weighted by molar-refractivity contribution is 6.42. The van der Waals surface area contributed by atoms with E-state index in [1.165, 1.54) is 64.5 Å². The smallest absolute Gasteiger partial charge is 0.245 e. The molecule has 0 saturated carbocycles. The number of fused-ring (bicyclic) bond motifs is 2. The molecular weight excluding hydrogens is 1610 g/mol. The average molecular weight is 1730 g/mol. The zero-order valence-electron chi connectivity index (χ0n) is 72.1. The van der Waals surface area contributed by atoms with Crippen LogP contribution >= 0.6 is 0 Å². The van der Waals surface area contributed by atoms with Gasteiger partial charge in [0.2, 0.25) is 70.4 Å². The third-order valence-electron chi connectivity index (χ3n) is 22.2. The first-order chi connectivity index (χ1) is 59.5. The Morgan fingerprint density at radius 1 is 0.560 bits per heavy atom. The average Bonchev–Trinajstić information content (AvgIpc) is 1.80. The Morgan fingerprint density at radius 3 is 1.74 bits per heavy atom. The highest BCUT2D eigenvalue weighted by Crippen LogP contribution is 2.26. The summed E-state index contributed by atoms with van der Waals surface area (Å²) in [4.78, 5) is 218. The second-order valence-corrected chi connectivity index (χ2v) is 33.5. The molecule has 8 amide bonds. The number of hydrazine groups is 3. The molecule has 22 N–H and O–H groups in total. The molecule has 0 unspecified atom stereocenters. The van der Waals surface area contributed by atoms with Gasteiger partial charge in [0.25, 0.3) is 0 Å². The number of rotatable bonds is 29. The number of imidazole rings is 1. The third kappa shape index (κ3) is 30.0. The van der Waals surface area contributed by atoms with Gasteiger partial charge in [-0.3, -0.25) is 67.1 Å². The van der Waals surface area contributed by atoms with Crippen molar-refractivity contribution in [3.8, 4) is 5.75 Å².